The van der Waals surface area contributed by atoms with Gasteiger partial charge in [-0.25, -0.2) is 0 Å². The quantitative estimate of drug-likeness (QED) is 0.889. The van der Waals surface area contributed by atoms with Gasteiger partial charge in [-0.05, 0) is 50.3 Å². The van der Waals surface area contributed by atoms with Gasteiger partial charge in [0.15, 0.2) is 5.76 Å². The van der Waals surface area contributed by atoms with E-state index in [9.17, 15) is 5.11 Å². The van der Waals surface area contributed by atoms with Gasteiger partial charge in [0.1, 0.15) is 12.3 Å². The molecule has 0 unspecified atom stereocenters. The number of nitrogens with two attached hydrogens (primary N) is 1. The third-order valence-electron chi connectivity index (χ3n) is 4.64. The molecule has 1 aliphatic carbocycles. The van der Waals surface area contributed by atoms with E-state index < -0.39 is 6.10 Å². The van der Waals surface area contributed by atoms with Gasteiger partial charge in [0.05, 0.1) is 12.1 Å². The van der Waals surface area contributed by atoms with Gasteiger partial charge in [-0.2, -0.15) is 0 Å². The summed E-state index contributed by atoms with van der Waals surface area (Å²) >= 11 is 0. The van der Waals surface area contributed by atoms with Crippen LogP contribution in [0.4, 0.5) is 0 Å². The average molecular weight is 300 g/mol. The van der Waals surface area contributed by atoms with Gasteiger partial charge in [0.2, 0.25) is 0 Å². The first-order valence-electron chi connectivity index (χ1n) is 8.43. The van der Waals surface area contributed by atoms with Crippen molar-refractivity contribution in [2.24, 2.45) is 0 Å². The highest BCUT2D eigenvalue weighted by atomic mass is 16.3. The minimum absolute atomic E-state index is 0.425. The van der Waals surface area contributed by atoms with Crippen LogP contribution in [0.5, 0.6) is 0 Å². The largest absolute Gasteiger partial charge is 0.455 e. The third kappa shape index (κ3) is 3.79. The summed E-state index contributed by atoms with van der Waals surface area (Å²) in [6.45, 7) is 2.71. The Kier molecular flexibility index (Phi) is 4.96. The maximum Gasteiger partial charge on any atom is 0.158 e. The molecular formula is C19H26NO2+. The highest BCUT2D eigenvalue weighted by Gasteiger charge is 2.16. The Hall–Kier alpha value is -1.58. The Morgan fingerprint density at radius 2 is 1.82 bits per heavy atom. The standard InChI is InChI=1S/C19H25NO2/c1-14(21)15-7-9-16(10-8-15)19-12-11-18(22-19)13-20-17-5-3-2-4-6-17/h7-12,14,17,20-21H,2-6,13H2,1H3/p+1/t14-/m0/s1. The van der Waals surface area contributed by atoms with Gasteiger partial charge < -0.3 is 14.8 Å². The molecule has 1 aromatic heterocycles. The SMILES string of the molecule is C[C@H](O)c1ccc(-c2ccc(C[NH2+]C3CCCCC3)o2)cc1. The van der Waals surface area contributed by atoms with Crippen molar-refractivity contribution in [1.82, 2.24) is 0 Å². The molecule has 0 spiro atoms. The van der Waals surface area contributed by atoms with Crippen molar-refractivity contribution in [2.45, 2.75) is 57.7 Å². The Bertz CT molecular complexity index is 580. The van der Waals surface area contributed by atoms with Crippen molar-refractivity contribution in [3.8, 4) is 11.3 Å². The number of rotatable bonds is 5. The normalized spacial score (nSPS) is 17.5. The Morgan fingerprint density at radius 3 is 2.50 bits per heavy atom. The number of furan rings is 1. The molecule has 0 amide bonds. The summed E-state index contributed by atoms with van der Waals surface area (Å²) in [5, 5.41) is 12.0. The molecule has 1 fully saturated rings. The zero-order chi connectivity index (χ0) is 15.4. The monoisotopic (exact) mass is 300 g/mol. The summed E-state index contributed by atoms with van der Waals surface area (Å²) in [5.41, 5.74) is 1.99. The van der Waals surface area contributed by atoms with Crippen LogP contribution in [0.2, 0.25) is 0 Å². The second kappa shape index (κ2) is 7.12. The van der Waals surface area contributed by atoms with E-state index in [4.69, 9.17) is 4.42 Å². The predicted octanol–water partition coefficient (Wildman–Crippen LogP) is 3.40. The van der Waals surface area contributed by atoms with Crippen LogP contribution in [0.15, 0.2) is 40.8 Å². The average Bonchev–Trinajstić information content (AvgIpc) is 3.03. The van der Waals surface area contributed by atoms with Crippen LogP contribution in [-0.2, 0) is 6.54 Å². The molecule has 0 radical (unpaired) electrons. The van der Waals surface area contributed by atoms with Gasteiger partial charge in [-0.1, -0.05) is 30.7 Å². The molecule has 1 aromatic carbocycles. The summed E-state index contributed by atoms with van der Waals surface area (Å²) in [5.74, 6) is 1.95. The van der Waals surface area contributed by atoms with Crippen LogP contribution in [0.25, 0.3) is 11.3 Å². The zero-order valence-corrected chi connectivity index (χ0v) is 13.3. The second-order valence-electron chi connectivity index (χ2n) is 6.40. The fraction of sp³-hybridized carbons (Fsp3) is 0.474. The van der Waals surface area contributed by atoms with E-state index in [1.807, 2.05) is 30.3 Å². The molecule has 22 heavy (non-hydrogen) atoms. The van der Waals surface area contributed by atoms with E-state index >= 15 is 0 Å². The molecule has 118 valence electrons. The van der Waals surface area contributed by atoms with Crippen LogP contribution in [-0.4, -0.2) is 11.1 Å². The van der Waals surface area contributed by atoms with E-state index in [1.165, 1.54) is 32.1 Å². The van der Waals surface area contributed by atoms with Crippen molar-refractivity contribution in [3.63, 3.8) is 0 Å². The van der Waals surface area contributed by atoms with E-state index in [-0.39, 0.29) is 0 Å². The first-order valence-corrected chi connectivity index (χ1v) is 8.43. The molecule has 0 saturated heterocycles. The molecule has 0 aliphatic heterocycles. The first-order chi connectivity index (χ1) is 10.7. The molecule has 3 rings (SSSR count). The van der Waals surface area contributed by atoms with Crippen LogP contribution in [0.1, 0.15) is 56.5 Å². The van der Waals surface area contributed by atoms with Crippen molar-refractivity contribution in [2.75, 3.05) is 0 Å². The maximum absolute atomic E-state index is 9.56. The van der Waals surface area contributed by atoms with Gasteiger partial charge in [0.25, 0.3) is 0 Å². The fourth-order valence-corrected chi connectivity index (χ4v) is 3.22. The fourth-order valence-electron chi connectivity index (χ4n) is 3.22. The van der Waals surface area contributed by atoms with Crippen molar-refractivity contribution in [1.29, 1.82) is 0 Å². The summed E-state index contributed by atoms with van der Waals surface area (Å²) in [6.07, 6.45) is 6.41. The highest BCUT2D eigenvalue weighted by molar-refractivity contribution is 5.58. The van der Waals surface area contributed by atoms with Gasteiger partial charge in [-0.15, -0.1) is 0 Å². The lowest BCUT2D eigenvalue weighted by Crippen LogP contribution is -2.88. The van der Waals surface area contributed by atoms with E-state index in [0.717, 1.165) is 35.2 Å². The van der Waals surface area contributed by atoms with Crippen molar-refractivity contribution < 1.29 is 14.8 Å². The molecule has 1 atom stereocenters. The Morgan fingerprint density at radius 1 is 1.09 bits per heavy atom. The van der Waals surface area contributed by atoms with E-state index in [0.29, 0.717) is 0 Å². The summed E-state index contributed by atoms with van der Waals surface area (Å²) in [7, 11) is 0. The predicted molar refractivity (Wildman–Crippen MR) is 87.3 cm³/mol. The summed E-state index contributed by atoms with van der Waals surface area (Å²) in [4.78, 5) is 0. The van der Waals surface area contributed by atoms with E-state index in [1.54, 1.807) is 6.92 Å². The molecule has 1 heterocycles. The molecule has 2 aromatic rings. The van der Waals surface area contributed by atoms with E-state index in [2.05, 4.69) is 11.4 Å². The van der Waals surface area contributed by atoms with Crippen molar-refractivity contribution >= 4 is 0 Å². The molecule has 0 bridgehead atoms. The van der Waals surface area contributed by atoms with Crippen LogP contribution in [0, 0.1) is 0 Å². The van der Waals surface area contributed by atoms with Crippen LogP contribution >= 0.6 is 0 Å². The number of aliphatic hydroxyl groups excluding tert-OH is 1. The first kappa shape index (κ1) is 15.3. The van der Waals surface area contributed by atoms with Gasteiger partial charge >= 0.3 is 0 Å². The summed E-state index contributed by atoms with van der Waals surface area (Å²) < 4.78 is 5.97. The minimum Gasteiger partial charge on any atom is -0.455 e. The number of aliphatic hydroxyl groups is 1. The topological polar surface area (TPSA) is 50.0 Å². The van der Waals surface area contributed by atoms with Crippen LogP contribution < -0.4 is 5.32 Å². The zero-order valence-electron chi connectivity index (χ0n) is 13.3. The number of hydrogen-bond acceptors (Lipinski definition) is 2. The molecular weight excluding hydrogens is 274 g/mol. The highest BCUT2D eigenvalue weighted by Crippen LogP contribution is 2.24. The number of benzene rings is 1. The lowest BCUT2D eigenvalue weighted by atomic mass is 9.95. The third-order valence-corrected chi connectivity index (χ3v) is 4.64. The van der Waals surface area contributed by atoms with Crippen LogP contribution in [0.3, 0.4) is 0 Å². The smallest absolute Gasteiger partial charge is 0.158 e. The number of quaternary nitrogens is 1. The second-order valence-corrected chi connectivity index (χ2v) is 6.40. The maximum atomic E-state index is 9.56. The lowest BCUT2D eigenvalue weighted by Gasteiger charge is -2.19. The molecule has 3 N–H and O–H groups in total. The Labute approximate surface area is 132 Å². The van der Waals surface area contributed by atoms with Gasteiger partial charge in [0, 0.05) is 5.56 Å². The molecule has 1 saturated carbocycles. The van der Waals surface area contributed by atoms with Crippen molar-refractivity contribution in [3.05, 3.63) is 47.7 Å². The molecule has 1 aliphatic rings. The minimum atomic E-state index is -0.425. The lowest BCUT2D eigenvalue weighted by molar-refractivity contribution is -0.708. The summed E-state index contributed by atoms with van der Waals surface area (Å²) in [6, 6.07) is 12.8. The molecule has 3 heteroatoms. The van der Waals surface area contributed by atoms with Gasteiger partial charge in [-0.3, -0.25) is 0 Å². The molecule has 3 nitrogen and oxygen atoms in total. The number of hydrogen-bond donors (Lipinski definition) is 2. The Balaban J connectivity index is 1.60.